The summed E-state index contributed by atoms with van der Waals surface area (Å²) < 4.78 is 0.998. The van der Waals surface area contributed by atoms with E-state index in [1.165, 1.54) is 0 Å². The first-order chi connectivity index (χ1) is 13.0. The largest absolute Gasteiger partial charge is 0.341 e. The second-order valence-corrected chi connectivity index (χ2v) is 7.68. The summed E-state index contributed by atoms with van der Waals surface area (Å²) in [6.45, 7) is 1.11. The number of carbonyl (C=O) groups excluding carboxylic acids is 2. The standard InChI is InChI=1S/C20H23BrN4O2/c21-16-3-1-14(2-4-16)13-18(22)20(27)25-11-7-15(8-12-25)19(26)24-17-5-9-23-10-6-17/h1-6,9-10,15,18H,7-8,11-13,22H2,(H,23,24,26)/t18-/m1/s1. The van der Waals surface area contributed by atoms with Crippen molar-refractivity contribution in [3.05, 3.63) is 58.8 Å². The minimum Gasteiger partial charge on any atom is -0.341 e. The van der Waals surface area contributed by atoms with E-state index in [1.54, 1.807) is 29.4 Å². The molecular weight excluding hydrogens is 408 g/mol. The van der Waals surface area contributed by atoms with Crippen molar-refractivity contribution in [3.8, 4) is 0 Å². The first-order valence-corrected chi connectivity index (χ1v) is 9.82. The molecule has 0 aliphatic carbocycles. The number of nitrogens with one attached hydrogen (secondary N) is 1. The maximum atomic E-state index is 12.6. The molecule has 2 aromatic rings. The van der Waals surface area contributed by atoms with E-state index in [4.69, 9.17) is 5.73 Å². The third-order valence-electron chi connectivity index (χ3n) is 4.81. The highest BCUT2D eigenvalue weighted by Crippen LogP contribution is 2.20. The molecular formula is C20H23BrN4O2. The van der Waals surface area contributed by atoms with Gasteiger partial charge >= 0.3 is 0 Å². The highest BCUT2D eigenvalue weighted by atomic mass is 79.9. The van der Waals surface area contributed by atoms with E-state index in [0.717, 1.165) is 15.7 Å². The van der Waals surface area contributed by atoms with Crippen LogP contribution in [0.4, 0.5) is 5.69 Å². The van der Waals surface area contributed by atoms with Gasteiger partial charge in [0.1, 0.15) is 0 Å². The van der Waals surface area contributed by atoms with E-state index in [0.29, 0.717) is 32.4 Å². The first kappa shape index (κ1) is 19.5. The molecule has 142 valence electrons. The number of anilines is 1. The summed E-state index contributed by atoms with van der Waals surface area (Å²) in [5, 5.41) is 2.90. The van der Waals surface area contributed by atoms with Crippen LogP contribution in [0.25, 0.3) is 0 Å². The lowest BCUT2D eigenvalue weighted by Gasteiger charge is -2.33. The third-order valence-corrected chi connectivity index (χ3v) is 5.34. The van der Waals surface area contributed by atoms with E-state index in [-0.39, 0.29) is 17.7 Å². The van der Waals surface area contributed by atoms with Crippen LogP contribution in [0.5, 0.6) is 0 Å². The number of aromatic nitrogens is 1. The Balaban J connectivity index is 1.48. The Morgan fingerprint density at radius 2 is 1.78 bits per heavy atom. The van der Waals surface area contributed by atoms with Crippen molar-refractivity contribution in [1.82, 2.24) is 9.88 Å². The van der Waals surface area contributed by atoms with E-state index < -0.39 is 6.04 Å². The topological polar surface area (TPSA) is 88.3 Å². The SMILES string of the molecule is N[C@H](Cc1ccc(Br)cc1)C(=O)N1CCC(C(=O)Nc2ccncc2)CC1. The molecule has 0 saturated carbocycles. The van der Waals surface area contributed by atoms with Crippen LogP contribution in [-0.2, 0) is 16.0 Å². The van der Waals surface area contributed by atoms with Gasteiger partial charge in [-0.3, -0.25) is 14.6 Å². The molecule has 1 aromatic carbocycles. The number of amides is 2. The fraction of sp³-hybridized carbons (Fsp3) is 0.350. The number of carbonyl (C=O) groups is 2. The van der Waals surface area contributed by atoms with Crippen LogP contribution in [0, 0.1) is 5.92 Å². The average Bonchev–Trinajstić information content (AvgIpc) is 2.70. The third kappa shape index (κ3) is 5.37. The van der Waals surface area contributed by atoms with E-state index in [9.17, 15) is 9.59 Å². The van der Waals surface area contributed by atoms with Crippen molar-refractivity contribution < 1.29 is 9.59 Å². The molecule has 7 heteroatoms. The number of nitrogens with two attached hydrogens (primary N) is 1. The molecule has 2 heterocycles. The molecule has 1 aromatic heterocycles. The van der Waals surface area contributed by atoms with Crippen molar-refractivity contribution in [1.29, 1.82) is 0 Å². The van der Waals surface area contributed by atoms with E-state index in [1.807, 2.05) is 24.3 Å². The summed E-state index contributed by atoms with van der Waals surface area (Å²) >= 11 is 3.40. The van der Waals surface area contributed by atoms with Gasteiger partial charge in [0.05, 0.1) is 6.04 Å². The summed E-state index contributed by atoms with van der Waals surface area (Å²) in [6.07, 6.45) is 5.09. The molecule has 1 fully saturated rings. The zero-order valence-electron chi connectivity index (χ0n) is 15.0. The lowest BCUT2D eigenvalue weighted by atomic mass is 9.95. The minimum atomic E-state index is -0.562. The lowest BCUT2D eigenvalue weighted by molar-refractivity contribution is -0.135. The number of nitrogens with zero attached hydrogens (tertiary/aromatic N) is 2. The van der Waals surface area contributed by atoms with Gasteiger partial charge in [0, 0.05) is 41.6 Å². The summed E-state index contributed by atoms with van der Waals surface area (Å²) in [6, 6.07) is 10.8. The van der Waals surface area contributed by atoms with Gasteiger partial charge in [0.15, 0.2) is 0 Å². The lowest BCUT2D eigenvalue weighted by Crippen LogP contribution is -2.49. The van der Waals surface area contributed by atoms with Crippen molar-refractivity contribution in [2.24, 2.45) is 11.7 Å². The second kappa shape index (κ2) is 9.10. The van der Waals surface area contributed by atoms with Crippen LogP contribution in [0.15, 0.2) is 53.3 Å². The van der Waals surface area contributed by atoms with Crippen molar-refractivity contribution in [2.75, 3.05) is 18.4 Å². The van der Waals surface area contributed by atoms with Gasteiger partial charge in [0.25, 0.3) is 0 Å². The van der Waals surface area contributed by atoms with Crippen LogP contribution in [0.3, 0.4) is 0 Å². The van der Waals surface area contributed by atoms with Gasteiger partial charge in [-0.1, -0.05) is 28.1 Å². The van der Waals surface area contributed by atoms with Crippen LogP contribution >= 0.6 is 15.9 Å². The minimum absolute atomic E-state index is 0.00698. The summed E-state index contributed by atoms with van der Waals surface area (Å²) in [4.78, 5) is 30.7. The molecule has 3 N–H and O–H groups in total. The van der Waals surface area contributed by atoms with Crippen molar-refractivity contribution in [2.45, 2.75) is 25.3 Å². The molecule has 0 spiro atoms. The van der Waals surface area contributed by atoms with Crippen LogP contribution in [0.1, 0.15) is 18.4 Å². The number of rotatable bonds is 5. The molecule has 6 nitrogen and oxygen atoms in total. The van der Waals surface area contributed by atoms with Gasteiger partial charge in [-0.25, -0.2) is 0 Å². The van der Waals surface area contributed by atoms with Gasteiger partial charge in [0.2, 0.25) is 11.8 Å². The molecule has 1 aliphatic heterocycles. The number of benzene rings is 1. The normalized spacial score (nSPS) is 16.0. The van der Waals surface area contributed by atoms with Gasteiger partial charge in [-0.15, -0.1) is 0 Å². The smallest absolute Gasteiger partial charge is 0.239 e. The average molecular weight is 431 g/mol. The Morgan fingerprint density at radius 1 is 1.15 bits per heavy atom. The first-order valence-electron chi connectivity index (χ1n) is 9.02. The maximum Gasteiger partial charge on any atom is 0.239 e. The summed E-state index contributed by atoms with van der Waals surface area (Å²) in [5.41, 5.74) is 7.90. The van der Waals surface area contributed by atoms with Gasteiger partial charge in [-0.05, 0) is 49.1 Å². The molecule has 3 rings (SSSR count). The zero-order chi connectivity index (χ0) is 19.2. The van der Waals surface area contributed by atoms with Crippen LogP contribution in [-0.4, -0.2) is 40.8 Å². The molecule has 0 radical (unpaired) electrons. The molecule has 2 amide bonds. The van der Waals surface area contributed by atoms with Crippen LogP contribution < -0.4 is 11.1 Å². The molecule has 0 bridgehead atoms. The Labute approximate surface area is 167 Å². The number of piperidine rings is 1. The zero-order valence-corrected chi connectivity index (χ0v) is 16.6. The monoisotopic (exact) mass is 430 g/mol. The fourth-order valence-electron chi connectivity index (χ4n) is 3.24. The summed E-state index contributed by atoms with van der Waals surface area (Å²) in [5.74, 6) is -0.150. The number of pyridine rings is 1. The molecule has 1 saturated heterocycles. The quantitative estimate of drug-likeness (QED) is 0.762. The number of hydrogen-bond donors (Lipinski definition) is 2. The Kier molecular flexibility index (Phi) is 6.58. The number of likely N-dealkylation sites (tertiary alicyclic amines) is 1. The van der Waals surface area contributed by atoms with E-state index in [2.05, 4.69) is 26.2 Å². The Hall–Kier alpha value is -2.25. The highest BCUT2D eigenvalue weighted by molar-refractivity contribution is 9.10. The highest BCUT2D eigenvalue weighted by Gasteiger charge is 2.29. The predicted molar refractivity (Wildman–Crippen MR) is 108 cm³/mol. The number of hydrogen-bond acceptors (Lipinski definition) is 4. The van der Waals surface area contributed by atoms with Gasteiger partial charge < -0.3 is 16.0 Å². The molecule has 1 atom stereocenters. The number of halogens is 1. The Morgan fingerprint density at radius 3 is 2.41 bits per heavy atom. The van der Waals surface area contributed by atoms with Gasteiger partial charge in [-0.2, -0.15) is 0 Å². The second-order valence-electron chi connectivity index (χ2n) is 6.76. The van der Waals surface area contributed by atoms with E-state index >= 15 is 0 Å². The maximum absolute atomic E-state index is 12.6. The molecule has 1 aliphatic rings. The Bertz CT molecular complexity index is 774. The fourth-order valence-corrected chi connectivity index (χ4v) is 3.50. The predicted octanol–water partition coefficient (Wildman–Crippen LogP) is 2.59. The van der Waals surface area contributed by atoms with Crippen LogP contribution in [0.2, 0.25) is 0 Å². The van der Waals surface area contributed by atoms with Crippen molar-refractivity contribution in [3.63, 3.8) is 0 Å². The van der Waals surface area contributed by atoms with Crippen molar-refractivity contribution >= 4 is 33.4 Å². The molecule has 27 heavy (non-hydrogen) atoms. The summed E-state index contributed by atoms with van der Waals surface area (Å²) in [7, 11) is 0. The molecule has 0 unspecified atom stereocenters.